The molecule has 0 spiro atoms. The fraction of sp³-hybridized carbons (Fsp3) is 0.250. The minimum atomic E-state index is 1.35. The highest BCUT2D eigenvalue weighted by Gasteiger charge is 1.71. The zero-order chi connectivity index (χ0) is 5.98. The van der Waals surface area contributed by atoms with Gasteiger partial charge in [0, 0.05) is 0 Å². The van der Waals surface area contributed by atoms with Gasteiger partial charge in [-0.1, -0.05) is 0 Å². The summed E-state index contributed by atoms with van der Waals surface area (Å²) in [5.74, 6) is 1.38. The Labute approximate surface area is 50.5 Å². The molecule has 8 heavy (non-hydrogen) atoms. The first kappa shape index (κ1) is 5.36. The smallest absolute Gasteiger partial charge is 0.134 e. The van der Waals surface area contributed by atoms with E-state index in [9.17, 15) is 0 Å². The van der Waals surface area contributed by atoms with E-state index in [1.54, 1.807) is 0 Å². The van der Waals surface area contributed by atoms with E-state index >= 15 is 0 Å². The van der Waals surface area contributed by atoms with Crippen molar-refractivity contribution in [3.63, 3.8) is 0 Å². The van der Waals surface area contributed by atoms with Crippen LogP contribution in [0.5, 0.6) is 0 Å². The summed E-state index contributed by atoms with van der Waals surface area (Å²) in [5.41, 5.74) is 1.35. The van der Waals surface area contributed by atoms with Crippen LogP contribution < -0.4 is 0 Å². The quantitative estimate of drug-likeness (QED) is 0.482. The normalized spacial score (nSPS) is 9.25. The van der Waals surface area contributed by atoms with E-state index in [-0.39, 0.29) is 0 Å². The summed E-state index contributed by atoms with van der Waals surface area (Å²) in [7, 11) is 0. The van der Waals surface area contributed by atoms with Gasteiger partial charge < -0.3 is 5.56 Å². The van der Waals surface area contributed by atoms with E-state index in [2.05, 4.69) is 38.1 Å². The molecule has 0 saturated heterocycles. The molecule has 0 bridgehead atoms. The Morgan fingerprint density at radius 3 is 2.50 bits per heavy atom. The second-order valence-corrected chi connectivity index (χ2v) is 2.17. The predicted molar refractivity (Wildman–Crippen MR) is 35.7 cm³/mol. The standard InChI is InChI=1S/C8H10/c1-7(2)8-5-3-4-6-8/h3-6H,1-2H3/q-2. The maximum absolute atomic E-state index is 2.12. The molecule has 0 N–H and O–H groups in total. The Morgan fingerprint density at radius 2 is 2.25 bits per heavy atom. The van der Waals surface area contributed by atoms with Crippen LogP contribution in [0.1, 0.15) is 19.4 Å². The fourth-order valence-electron chi connectivity index (χ4n) is 0.707. The van der Waals surface area contributed by atoms with Crippen molar-refractivity contribution in [3.05, 3.63) is 35.7 Å². The molecule has 0 fully saturated rings. The Morgan fingerprint density at radius 1 is 1.50 bits per heavy atom. The van der Waals surface area contributed by atoms with Crippen LogP contribution in [0.2, 0.25) is 0 Å². The number of hydrogen-bond acceptors (Lipinski definition) is 0. The molecule has 0 atom stereocenters. The highest BCUT2D eigenvalue weighted by Crippen LogP contribution is 2.11. The summed E-state index contributed by atoms with van der Waals surface area (Å²) in [5, 5.41) is 0. The van der Waals surface area contributed by atoms with Crippen molar-refractivity contribution in [3.8, 4) is 0 Å². The number of rotatable bonds is 1. The fourth-order valence-corrected chi connectivity index (χ4v) is 0.707. The average molecular weight is 106 g/mol. The first-order valence-corrected chi connectivity index (χ1v) is 2.83. The van der Waals surface area contributed by atoms with Crippen LogP contribution in [0.15, 0.2) is 24.3 Å². The Balaban J connectivity index is 2.77. The van der Waals surface area contributed by atoms with Crippen molar-refractivity contribution in [1.29, 1.82) is 0 Å². The van der Waals surface area contributed by atoms with Crippen molar-refractivity contribution in [1.82, 2.24) is 0 Å². The van der Waals surface area contributed by atoms with Crippen molar-refractivity contribution in [2.45, 2.75) is 13.8 Å². The van der Waals surface area contributed by atoms with Gasteiger partial charge >= 0.3 is 0 Å². The van der Waals surface area contributed by atoms with Gasteiger partial charge in [-0.25, -0.2) is 0 Å². The van der Waals surface area contributed by atoms with E-state index in [4.69, 9.17) is 0 Å². The lowest BCUT2D eigenvalue weighted by atomic mass is 10.1. The van der Waals surface area contributed by atoms with Crippen LogP contribution in [0, 0.1) is 5.92 Å². The van der Waals surface area contributed by atoms with Crippen LogP contribution in [-0.2, 0) is 0 Å². The van der Waals surface area contributed by atoms with Crippen LogP contribution in [0.4, 0.5) is 0 Å². The maximum Gasteiger partial charge on any atom is -0.134 e. The molecular formula is C8H10-2. The minimum absolute atomic E-state index is 1.35. The van der Waals surface area contributed by atoms with Crippen molar-refractivity contribution in [2.75, 3.05) is 0 Å². The third-order valence-corrected chi connectivity index (χ3v) is 1.24. The molecule has 1 rings (SSSR count). The van der Waals surface area contributed by atoms with Crippen LogP contribution in [0.3, 0.4) is 0 Å². The lowest BCUT2D eigenvalue weighted by molar-refractivity contribution is 1.16. The van der Waals surface area contributed by atoms with Gasteiger partial charge in [-0.05, 0) is 0 Å². The topological polar surface area (TPSA) is 0 Å². The summed E-state index contributed by atoms with van der Waals surface area (Å²) >= 11 is 0. The molecule has 44 valence electrons. The Kier molecular flexibility index (Phi) is 1.34. The molecule has 0 unspecified atom stereocenters. The highest BCUT2D eigenvalue weighted by atomic mass is 14.0. The molecule has 1 aromatic rings. The molecule has 0 amide bonds. The molecular weight excluding hydrogens is 96.1 g/mol. The molecule has 0 saturated carbocycles. The van der Waals surface area contributed by atoms with Gasteiger partial charge in [0.05, 0.1) is 0 Å². The predicted octanol–water partition coefficient (Wildman–Crippen LogP) is 2.37. The van der Waals surface area contributed by atoms with Crippen LogP contribution >= 0.6 is 0 Å². The van der Waals surface area contributed by atoms with Crippen molar-refractivity contribution >= 4 is 0 Å². The summed E-state index contributed by atoms with van der Waals surface area (Å²) in [6.07, 6.45) is 0. The van der Waals surface area contributed by atoms with Crippen LogP contribution in [-0.4, -0.2) is 0 Å². The van der Waals surface area contributed by atoms with Gasteiger partial charge in [-0.3, -0.25) is 18.1 Å². The van der Waals surface area contributed by atoms with Gasteiger partial charge in [0.25, 0.3) is 0 Å². The molecule has 0 aliphatic rings. The zero-order valence-corrected chi connectivity index (χ0v) is 5.31. The molecule has 0 aliphatic carbocycles. The van der Waals surface area contributed by atoms with E-state index in [1.807, 2.05) is 0 Å². The average Bonchev–Trinajstić information content (AvgIpc) is 2.12. The molecule has 0 aliphatic heterocycles. The summed E-state index contributed by atoms with van der Waals surface area (Å²) < 4.78 is 0. The summed E-state index contributed by atoms with van der Waals surface area (Å²) in [4.78, 5) is 0. The first-order chi connectivity index (χ1) is 3.80. The van der Waals surface area contributed by atoms with Crippen molar-refractivity contribution in [2.24, 2.45) is 0 Å². The number of hydrogen-bond donors (Lipinski definition) is 0. The van der Waals surface area contributed by atoms with E-state index in [0.29, 0.717) is 0 Å². The molecule has 0 nitrogen and oxygen atoms in total. The van der Waals surface area contributed by atoms with Gasteiger partial charge in [0.15, 0.2) is 0 Å². The molecule has 0 heterocycles. The lowest BCUT2D eigenvalue weighted by Crippen LogP contribution is -1.80. The van der Waals surface area contributed by atoms with Gasteiger partial charge in [-0.2, -0.15) is 12.1 Å². The molecule has 0 radical (unpaired) electrons. The maximum atomic E-state index is 2.12. The highest BCUT2D eigenvalue weighted by molar-refractivity contribution is 5.28. The summed E-state index contributed by atoms with van der Waals surface area (Å²) in [6.45, 7) is 4.24. The van der Waals surface area contributed by atoms with Gasteiger partial charge in [0.2, 0.25) is 0 Å². The summed E-state index contributed by atoms with van der Waals surface area (Å²) in [6, 6.07) is 8.36. The van der Waals surface area contributed by atoms with Crippen molar-refractivity contribution < 1.29 is 0 Å². The van der Waals surface area contributed by atoms with E-state index in [0.717, 1.165) is 0 Å². The monoisotopic (exact) mass is 106 g/mol. The zero-order valence-electron chi connectivity index (χ0n) is 5.31. The Hall–Kier alpha value is -0.780. The van der Waals surface area contributed by atoms with E-state index in [1.165, 1.54) is 11.5 Å². The largest absolute Gasteiger partial charge is 0.353 e. The van der Waals surface area contributed by atoms with E-state index < -0.39 is 0 Å². The second kappa shape index (κ2) is 1.99. The minimum Gasteiger partial charge on any atom is -0.353 e. The molecule has 1 aromatic carbocycles. The molecule has 0 aromatic heterocycles. The van der Waals surface area contributed by atoms with Gasteiger partial charge in [0.1, 0.15) is 0 Å². The lowest BCUT2D eigenvalue weighted by Gasteiger charge is -2.20. The SMILES string of the molecule is C[C-](C)c1ccc[cH-]1. The third-order valence-electron chi connectivity index (χ3n) is 1.24. The first-order valence-electron chi connectivity index (χ1n) is 2.83. The Bertz CT molecular complexity index is 135. The van der Waals surface area contributed by atoms with Crippen LogP contribution in [0.25, 0.3) is 0 Å². The third kappa shape index (κ3) is 0.890. The molecule has 0 heteroatoms. The van der Waals surface area contributed by atoms with Gasteiger partial charge in [-0.15, -0.1) is 13.8 Å². The second-order valence-electron chi connectivity index (χ2n) is 2.17.